The molecule has 6 aromatic carbocycles. The van der Waals surface area contributed by atoms with E-state index in [0.29, 0.717) is 86.6 Å². The molecule has 344 valence electrons. The van der Waals surface area contributed by atoms with E-state index in [4.69, 9.17) is 28.4 Å². The van der Waals surface area contributed by atoms with Crippen LogP contribution < -0.4 is 97.7 Å². The van der Waals surface area contributed by atoms with Crippen LogP contribution in [0.25, 0.3) is 0 Å². The molecular formula is C52H50Na2O14. The van der Waals surface area contributed by atoms with Gasteiger partial charge in [0.1, 0.15) is 57.5 Å². The Bertz CT molecular complexity index is 2470. The number of aromatic hydroxyl groups is 2. The average Bonchev–Trinajstić information content (AvgIpc) is 3.29. The van der Waals surface area contributed by atoms with Crippen LogP contribution in [0, 0.1) is 0 Å². The van der Waals surface area contributed by atoms with Gasteiger partial charge in [0, 0.05) is 48.2 Å². The monoisotopic (exact) mass is 944 g/mol. The molecule has 14 nitrogen and oxygen atoms in total. The first-order chi connectivity index (χ1) is 31.8. The fraction of sp³-hybridized carbons (Fsp3) is 0.231. The van der Waals surface area contributed by atoms with Gasteiger partial charge < -0.3 is 58.4 Å². The number of phenolic OH excluding ortho intramolecular Hbond substituents is 2. The first-order valence-corrected chi connectivity index (χ1v) is 21.2. The number of ketones is 2. The summed E-state index contributed by atoms with van der Waals surface area (Å²) in [6.45, 7) is 8.20. The molecule has 6 rings (SSSR count). The number of ether oxygens (including phenoxy) is 6. The van der Waals surface area contributed by atoms with Gasteiger partial charge in [0.05, 0.1) is 49.5 Å². The van der Waals surface area contributed by atoms with E-state index in [1.54, 1.807) is 97.1 Å². The van der Waals surface area contributed by atoms with Crippen molar-refractivity contribution >= 4 is 23.5 Å². The minimum atomic E-state index is -1.31. The molecule has 0 atom stereocenters. The van der Waals surface area contributed by atoms with Gasteiger partial charge in [-0.3, -0.25) is 9.59 Å². The predicted octanol–water partition coefficient (Wildman–Crippen LogP) is 2.33. The van der Waals surface area contributed by atoms with Crippen molar-refractivity contribution in [3.05, 3.63) is 155 Å². The van der Waals surface area contributed by atoms with Gasteiger partial charge in [0.25, 0.3) is 0 Å². The Morgan fingerprint density at radius 2 is 0.794 bits per heavy atom. The summed E-state index contributed by atoms with van der Waals surface area (Å²) < 4.78 is 34.4. The van der Waals surface area contributed by atoms with Crippen molar-refractivity contribution in [2.75, 3.05) is 26.4 Å². The second-order valence-electron chi connectivity index (χ2n) is 14.6. The van der Waals surface area contributed by atoms with Crippen molar-refractivity contribution in [2.45, 2.75) is 53.4 Å². The Hall–Kier alpha value is -6.00. The van der Waals surface area contributed by atoms with E-state index in [0.717, 1.165) is 11.1 Å². The Balaban J connectivity index is 0.000000350. The summed E-state index contributed by atoms with van der Waals surface area (Å²) in [6.07, 6.45) is 2.49. The second kappa shape index (κ2) is 28.4. The topological polar surface area (TPSA) is 210 Å². The van der Waals surface area contributed by atoms with Crippen molar-refractivity contribution in [3.8, 4) is 57.5 Å². The minimum absolute atomic E-state index is 0. The average molecular weight is 945 g/mol. The van der Waals surface area contributed by atoms with E-state index < -0.39 is 11.9 Å². The van der Waals surface area contributed by atoms with Crippen LogP contribution in [-0.2, 0) is 12.8 Å². The smallest absolute Gasteiger partial charge is 0.545 e. The molecule has 0 saturated carbocycles. The molecule has 0 saturated heterocycles. The number of aromatic carboxylic acids is 2. The number of carbonyl (C=O) groups excluding carboxylic acids is 4. The fourth-order valence-corrected chi connectivity index (χ4v) is 6.43. The molecule has 0 radical (unpaired) electrons. The molecule has 0 unspecified atom stereocenters. The zero-order valence-corrected chi connectivity index (χ0v) is 43.0. The van der Waals surface area contributed by atoms with Crippen LogP contribution in [-0.4, -0.2) is 60.1 Å². The third-order valence-electron chi connectivity index (χ3n) is 9.79. The minimum Gasteiger partial charge on any atom is -0.545 e. The van der Waals surface area contributed by atoms with Gasteiger partial charge in [0.15, 0.2) is 11.6 Å². The van der Waals surface area contributed by atoms with E-state index in [1.165, 1.54) is 38.1 Å². The van der Waals surface area contributed by atoms with Gasteiger partial charge in [0.2, 0.25) is 0 Å². The number of hydrogen-bond donors (Lipinski definition) is 2. The number of aryl methyl sites for hydroxylation is 2. The number of para-hydroxylation sites is 2. The predicted molar refractivity (Wildman–Crippen MR) is 241 cm³/mol. The van der Waals surface area contributed by atoms with Gasteiger partial charge in [-0.25, -0.2) is 0 Å². The summed E-state index contributed by atoms with van der Waals surface area (Å²) in [5.74, 6) is 0.261. The molecular weight excluding hydrogens is 895 g/mol. The van der Waals surface area contributed by atoms with E-state index in [-0.39, 0.29) is 116 Å². The zero-order chi connectivity index (χ0) is 47.6. The number of carboxylic acids is 2. The standard InChI is InChI=1S/2C26H26O7.2Na/c2*1-3-18-14-22(17(2)27)23(28)16-25(18)32-13-7-12-31-19-8-6-9-20(15-19)33-24-11-5-4-10-21(24)26(29)30;;/h2*4-6,8-11,14-16,28H,3,7,12-13H2,1-2H3,(H,29,30);;/q;;2*+1/p-2. The van der Waals surface area contributed by atoms with Crippen LogP contribution in [0.1, 0.15) is 93.1 Å². The number of carboxylic acid groups (broad SMARTS) is 2. The van der Waals surface area contributed by atoms with Crippen molar-refractivity contribution in [1.82, 2.24) is 0 Å². The Labute approximate surface area is 439 Å². The molecule has 0 aliphatic heterocycles. The first kappa shape index (κ1) is 56.3. The van der Waals surface area contributed by atoms with Gasteiger partial charge in [-0.1, -0.05) is 50.2 Å². The summed E-state index contributed by atoms with van der Waals surface area (Å²) in [5.41, 5.74) is 2.20. The van der Waals surface area contributed by atoms with Gasteiger partial charge in [-0.05, 0) is 98.5 Å². The Kier molecular flexibility index (Phi) is 23.5. The summed E-state index contributed by atoms with van der Waals surface area (Å²) in [4.78, 5) is 45.7. The third kappa shape index (κ3) is 16.7. The van der Waals surface area contributed by atoms with Crippen LogP contribution in [0.2, 0.25) is 0 Å². The fourth-order valence-electron chi connectivity index (χ4n) is 6.43. The molecule has 0 bridgehead atoms. The van der Waals surface area contributed by atoms with Crippen LogP contribution in [0.5, 0.6) is 57.5 Å². The quantitative estimate of drug-likeness (QED) is 0.0569. The molecule has 0 spiro atoms. The third-order valence-corrected chi connectivity index (χ3v) is 9.79. The zero-order valence-electron chi connectivity index (χ0n) is 39.0. The van der Waals surface area contributed by atoms with E-state index >= 15 is 0 Å². The van der Waals surface area contributed by atoms with Gasteiger partial charge >= 0.3 is 59.1 Å². The van der Waals surface area contributed by atoms with Gasteiger partial charge in [-0.2, -0.15) is 0 Å². The Morgan fingerprint density at radius 1 is 0.441 bits per heavy atom. The molecule has 16 heteroatoms. The molecule has 0 fully saturated rings. The molecule has 2 N–H and O–H groups in total. The number of phenols is 2. The summed E-state index contributed by atoms with van der Waals surface area (Å²) in [6, 6.07) is 32.5. The number of rotatable bonds is 22. The van der Waals surface area contributed by atoms with Crippen LogP contribution in [0.3, 0.4) is 0 Å². The largest absolute Gasteiger partial charge is 1.00 e. The van der Waals surface area contributed by atoms with E-state index in [9.17, 15) is 39.6 Å². The van der Waals surface area contributed by atoms with Crippen molar-refractivity contribution in [2.24, 2.45) is 0 Å². The number of carbonyl (C=O) groups is 4. The maximum Gasteiger partial charge on any atom is 1.00 e. The molecule has 68 heavy (non-hydrogen) atoms. The normalized spacial score (nSPS) is 10.2. The number of hydrogen-bond acceptors (Lipinski definition) is 14. The molecule has 6 aromatic rings. The second-order valence-corrected chi connectivity index (χ2v) is 14.6. The SMILES string of the molecule is CCc1cc(C(C)=O)c(O)cc1OCCCOc1cccc(Oc2ccccc2C(=O)[O-])c1.CCc1cc(C(C)=O)c(O)cc1OCCCOc1cccc(Oc2ccccc2C(=O)[O-])c1.[Na+].[Na+]. The molecule has 0 amide bonds. The van der Waals surface area contributed by atoms with Crippen molar-refractivity contribution in [1.29, 1.82) is 0 Å². The number of benzene rings is 6. The molecule has 0 aliphatic carbocycles. The van der Waals surface area contributed by atoms with Crippen molar-refractivity contribution < 1.29 is 127 Å². The molecule has 0 aromatic heterocycles. The Morgan fingerprint density at radius 3 is 1.15 bits per heavy atom. The number of Topliss-reactive ketones (excluding diaryl/α,β-unsaturated/α-hetero) is 2. The maximum atomic E-state index is 11.6. The van der Waals surface area contributed by atoms with Gasteiger partial charge in [-0.15, -0.1) is 0 Å². The molecule has 0 aliphatic rings. The maximum absolute atomic E-state index is 11.6. The van der Waals surface area contributed by atoms with Crippen molar-refractivity contribution in [3.63, 3.8) is 0 Å². The van der Waals surface area contributed by atoms with Crippen LogP contribution >= 0.6 is 0 Å². The van der Waals surface area contributed by atoms with E-state index in [2.05, 4.69) is 0 Å². The molecule has 0 heterocycles. The first-order valence-electron chi connectivity index (χ1n) is 21.2. The summed E-state index contributed by atoms with van der Waals surface area (Å²) in [7, 11) is 0. The van der Waals surface area contributed by atoms with E-state index in [1.807, 2.05) is 13.8 Å². The van der Waals surface area contributed by atoms with Crippen LogP contribution in [0.15, 0.2) is 121 Å². The van der Waals surface area contributed by atoms with Crippen LogP contribution in [0.4, 0.5) is 0 Å². The summed E-state index contributed by atoms with van der Waals surface area (Å²) in [5, 5.41) is 42.5. The summed E-state index contributed by atoms with van der Waals surface area (Å²) >= 11 is 0.